The van der Waals surface area contributed by atoms with Crippen LogP contribution in [-0.2, 0) is 0 Å². The van der Waals surface area contributed by atoms with Crippen molar-refractivity contribution in [2.24, 2.45) is 5.92 Å². The van der Waals surface area contributed by atoms with Crippen LogP contribution >= 0.6 is 15.9 Å². The maximum Gasteiger partial charge on any atom is 0.136 e. The maximum absolute atomic E-state index is 5.43. The number of halogens is 1. The van der Waals surface area contributed by atoms with Crippen molar-refractivity contribution in [1.29, 1.82) is 0 Å². The summed E-state index contributed by atoms with van der Waals surface area (Å²) >= 11 is 3.58. The molecule has 1 atom stereocenters. The van der Waals surface area contributed by atoms with Crippen molar-refractivity contribution in [2.45, 2.75) is 6.42 Å². The molecule has 1 aliphatic heterocycles. The molecule has 0 radical (unpaired) electrons. The molecule has 100 valence electrons. The van der Waals surface area contributed by atoms with E-state index in [0.29, 0.717) is 0 Å². The van der Waals surface area contributed by atoms with Gasteiger partial charge in [0.1, 0.15) is 11.6 Å². The van der Waals surface area contributed by atoms with Gasteiger partial charge in [0, 0.05) is 35.4 Å². The summed E-state index contributed by atoms with van der Waals surface area (Å²) < 4.78 is 5.43. The van der Waals surface area contributed by atoms with E-state index in [1.165, 1.54) is 11.8 Å². The molecular formula is C15H17BrN2O. The Morgan fingerprint density at radius 2 is 2.26 bits per heavy atom. The lowest BCUT2D eigenvalue weighted by molar-refractivity contribution is 0.420. The summed E-state index contributed by atoms with van der Waals surface area (Å²) in [5, 5.41) is 3.38. The Bertz CT molecular complexity index is 587. The van der Waals surface area contributed by atoms with Crippen molar-refractivity contribution in [1.82, 2.24) is 4.98 Å². The second kappa shape index (κ2) is 5.37. The summed E-state index contributed by atoms with van der Waals surface area (Å²) in [6, 6.07) is 8.18. The number of methoxy groups -OCH3 is 1. The van der Waals surface area contributed by atoms with Crippen molar-refractivity contribution < 1.29 is 4.74 Å². The Hall–Kier alpha value is -1.29. The SMILES string of the molecule is COc1cccc2c(N3CCC(CBr)C3)nccc12. The average Bonchev–Trinajstić information content (AvgIpc) is 2.94. The first-order valence-corrected chi connectivity index (χ1v) is 7.68. The number of rotatable bonds is 3. The highest BCUT2D eigenvalue weighted by molar-refractivity contribution is 9.09. The number of ether oxygens (including phenoxy) is 1. The Kier molecular flexibility index (Phi) is 3.60. The lowest BCUT2D eigenvalue weighted by atomic mass is 10.1. The predicted molar refractivity (Wildman–Crippen MR) is 82.4 cm³/mol. The second-order valence-corrected chi connectivity index (χ2v) is 5.59. The fourth-order valence-electron chi connectivity index (χ4n) is 2.74. The van der Waals surface area contributed by atoms with Crippen LogP contribution in [0.5, 0.6) is 5.75 Å². The molecule has 1 unspecified atom stereocenters. The number of pyridine rings is 1. The molecule has 1 aromatic carbocycles. The van der Waals surface area contributed by atoms with Crippen molar-refractivity contribution in [3.05, 3.63) is 30.5 Å². The molecule has 0 saturated carbocycles. The zero-order valence-corrected chi connectivity index (χ0v) is 12.6. The normalized spacial score (nSPS) is 19.1. The molecule has 2 heterocycles. The lowest BCUT2D eigenvalue weighted by Crippen LogP contribution is -2.21. The quantitative estimate of drug-likeness (QED) is 0.810. The van der Waals surface area contributed by atoms with E-state index in [0.717, 1.165) is 41.3 Å². The molecule has 0 aliphatic carbocycles. The Labute approximate surface area is 121 Å². The highest BCUT2D eigenvalue weighted by Crippen LogP contribution is 2.33. The molecule has 0 N–H and O–H groups in total. The minimum absolute atomic E-state index is 0.725. The van der Waals surface area contributed by atoms with Crippen molar-refractivity contribution in [2.75, 3.05) is 30.4 Å². The molecular weight excluding hydrogens is 304 g/mol. The number of nitrogens with zero attached hydrogens (tertiary/aromatic N) is 2. The highest BCUT2D eigenvalue weighted by Gasteiger charge is 2.23. The molecule has 1 saturated heterocycles. The third kappa shape index (κ3) is 2.29. The molecule has 1 aliphatic rings. The smallest absolute Gasteiger partial charge is 0.136 e. The van der Waals surface area contributed by atoms with Gasteiger partial charge in [-0.25, -0.2) is 4.98 Å². The molecule has 1 aromatic heterocycles. The number of hydrogen-bond donors (Lipinski definition) is 0. The molecule has 3 nitrogen and oxygen atoms in total. The fraction of sp³-hybridized carbons (Fsp3) is 0.400. The molecule has 0 spiro atoms. The minimum atomic E-state index is 0.725. The summed E-state index contributed by atoms with van der Waals surface area (Å²) in [4.78, 5) is 6.97. The Morgan fingerprint density at radius 3 is 3.00 bits per heavy atom. The van der Waals surface area contributed by atoms with E-state index in [9.17, 15) is 0 Å². The van der Waals surface area contributed by atoms with Gasteiger partial charge in [-0.2, -0.15) is 0 Å². The van der Waals surface area contributed by atoms with Crippen molar-refractivity contribution in [3.63, 3.8) is 0 Å². The van der Waals surface area contributed by atoms with Gasteiger partial charge in [0.15, 0.2) is 0 Å². The first-order chi connectivity index (χ1) is 9.33. The first-order valence-electron chi connectivity index (χ1n) is 6.56. The van der Waals surface area contributed by atoms with E-state index in [1.54, 1.807) is 7.11 Å². The van der Waals surface area contributed by atoms with Gasteiger partial charge in [0.2, 0.25) is 0 Å². The van der Waals surface area contributed by atoms with Gasteiger partial charge in [0.05, 0.1) is 7.11 Å². The van der Waals surface area contributed by atoms with Crippen LogP contribution < -0.4 is 9.64 Å². The van der Waals surface area contributed by atoms with E-state index in [2.05, 4.69) is 31.9 Å². The van der Waals surface area contributed by atoms with E-state index < -0.39 is 0 Å². The van der Waals surface area contributed by atoms with Gasteiger partial charge in [-0.15, -0.1) is 0 Å². The van der Waals surface area contributed by atoms with E-state index >= 15 is 0 Å². The van der Waals surface area contributed by atoms with Gasteiger partial charge < -0.3 is 9.64 Å². The van der Waals surface area contributed by atoms with Crippen LogP contribution in [0.2, 0.25) is 0 Å². The summed E-state index contributed by atoms with van der Waals surface area (Å²) in [7, 11) is 1.71. The van der Waals surface area contributed by atoms with Crippen LogP contribution in [-0.4, -0.2) is 30.5 Å². The first kappa shape index (κ1) is 12.7. The molecule has 3 rings (SSSR count). The molecule has 2 aromatic rings. The second-order valence-electron chi connectivity index (χ2n) is 4.94. The largest absolute Gasteiger partial charge is 0.496 e. The van der Waals surface area contributed by atoms with Gasteiger partial charge >= 0.3 is 0 Å². The number of aromatic nitrogens is 1. The van der Waals surface area contributed by atoms with Crippen LogP contribution in [0.1, 0.15) is 6.42 Å². The van der Waals surface area contributed by atoms with Crippen LogP contribution in [0, 0.1) is 5.92 Å². The van der Waals surface area contributed by atoms with Gasteiger partial charge in [-0.05, 0) is 24.5 Å². The third-order valence-electron chi connectivity index (χ3n) is 3.77. The number of alkyl halides is 1. The topological polar surface area (TPSA) is 25.4 Å². The summed E-state index contributed by atoms with van der Waals surface area (Å²) in [6.07, 6.45) is 3.11. The van der Waals surface area contributed by atoms with Gasteiger partial charge in [-0.1, -0.05) is 28.1 Å². The van der Waals surface area contributed by atoms with Crippen molar-refractivity contribution >= 4 is 32.5 Å². The standard InChI is InChI=1S/C15H17BrN2O/c1-19-14-4-2-3-13-12(14)5-7-17-15(13)18-8-6-11(9-16)10-18/h2-5,7,11H,6,8-10H2,1H3. The Morgan fingerprint density at radius 1 is 1.37 bits per heavy atom. The van der Waals surface area contributed by atoms with Crippen molar-refractivity contribution in [3.8, 4) is 5.75 Å². The summed E-state index contributed by atoms with van der Waals surface area (Å²) in [5.41, 5.74) is 0. The van der Waals surface area contributed by atoms with Crippen LogP contribution in [0.3, 0.4) is 0 Å². The molecule has 19 heavy (non-hydrogen) atoms. The van der Waals surface area contributed by atoms with Crippen LogP contribution in [0.25, 0.3) is 10.8 Å². The molecule has 0 amide bonds. The van der Waals surface area contributed by atoms with Crippen LogP contribution in [0.4, 0.5) is 5.82 Å². The zero-order chi connectivity index (χ0) is 13.2. The minimum Gasteiger partial charge on any atom is -0.496 e. The fourth-order valence-corrected chi connectivity index (χ4v) is 3.27. The van der Waals surface area contributed by atoms with E-state index in [1.807, 2.05) is 24.4 Å². The number of hydrogen-bond acceptors (Lipinski definition) is 3. The average molecular weight is 321 g/mol. The molecule has 0 bridgehead atoms. The number of benzene rings is 1. The third-order valence-corrected chi connectivity index (χ3v) is 4.68. The highest BCUT2D eigenvalue weighted by atomic mass is 79.9. The molecule has 1 fully saturated rings. The summed E-state index contributed by atoms with van der Waals surface area (Å²) in [6.45, 7) is 2.16. The Balaban J connectivity index is 2.05. The number of fused-ring (bicyclic) bond motifs is 1. The lowest BCUT2D eigenvalue weighted by Gasteiger charge is -2.19. The van der Waals surface area contributed by atoms with Gasteiger partial charge in [-0.3, -0.25) is 0 Å². The predicted octanol–water partition coefficient (Wildman–Crippen LogP) is 3.46. The summed E-state index contributed by atoms with van der Waals surface area (Å²) in [5.74, 6) is 2.72. The zero-order valence-electron chi connectivity index (χ0n) is 11.0. The molecule has 4 heteroatoms. The number of anilines is 1. The van der Waals surface area contributed by atoms with E-state index in [4.69, 9.17) is 4.74 Å². The van der Waals surface area contributed by atoms with Crippen LogP contribution in [0.15, 0.2) is 30.5 Å². The van der Waals surface area contributed by atoms with E-state index in [-0.39, 0.29) is 0 Å². The van der Waals surface area contributed by atoms with Gasteiger partial charge in [0.25, 0.3) is 0 Å². The monoisotopic (exact) mass is 320 g/mol. The maximum atomic E-state index is 5.43.